The minimum absolute atomic E-state index is 0.231. The number of H-pyrrole nitrogens is 2. The Morgan fingerprint density at radius 3 is 2.76 bits per heavy atom. The molecule has 34 heavy (non-hydrogen) atoms. The number of nitrogens with one attached hydrogen (secondary N) is 2. The minimum Gasteiger partial charge on any atom is -0.321 e. The van der Waals surface area contributed by atoms with E-state index in [0.29, 0.717) is 22.7 Å². The van der Waals surface area contributed by atoms with Crippen LogP contribution in [0, 0.1) is 5.13 Å². The number of fused-ring (bicyclic) bond motifs is 2. The van der Waals surface area contributed by atoms with Crippen molar-refractivity contribution in [2.45, 2.75) is 6.54 Å². The van der Waals surface area contributed by atoms with E-state index in [1.54, 1.807) is 12.3 Å². The summed E-state index contributed by atoms with van der Waals surface area (Å²) in [4.78, 5) is 19.9. The Morgan fingerprint density at radius 1 is 1.03 bits per heavy atom. The number of rotatable bonds is 5. The van der Waals surface area contributed by atoms with Crippen molar-refractivity contribution in [3.8, 4) is 33.1 Å². The van der Waals surface area contributed by atoms with Crippen LogP contribution in [0.5, 0.6) is 0 Å². The van der Waals surface area contributed by atoms with Gasteiger partial charge in [-0.3, -0.25) is 10.1 Å². The van der Waals surface area contributed by atoms with E-state index in [4.69, 9.17) is 4.98 Å². The number of aromatic amines is 2. The molecular weight excluding hydrogens is 449 g/mol. The van der Waals surface area contributed by atoms with Crippen molar-refractivity contribution >= 4 is 33.4 Å². The van der Waals surface area contributed by atoms with Crippen molar-refractivity contribution in [3.05, 3.63) is 71.7 Å². The number of hydrogen-bond donors (Lipinski definition) is 2. The van der Waals surface area contributed by atoms with Crippen molar-refractivity contribution in [2.24, 2.45) is 0 Å². The zero-order chi connectivity index (χ0) is 23.2. The van der Waals surface area contributed by atoms with Crippen LogP contribution in [0.3, 0.4) is 0 Å². The Kier molecular flexibility index (Phi) is 4.93. The topological polar surface area (TPSA) is 86.4 Å². The molecule has 0 bridgehead atoms. The third kappa shape index (κ3) is 3.64. The summed E-state index contributed by atoms with van der Waals surface area (Å²) in [6.07, 6.45) is 5.47. The van der Waals surface area contributed by atoms with Crippen molar-refractivity contribution in [1.82, 2.24) is 35.0 Å². The fraction of sp³-hybridized carbons (Fsp3) is 0.120. The summed E-state index contributed by atoms with van der Waals surface area (Å²) < 4.78 is 13.6. The van der Waals surface area contributed by atoms with Crippen LogP contribution in [0.1, 0.15) is 5.56 Å². The molecule has 168 valence electrons. The van der Waals surface area contributed by atoms with E-state index in [2.05, 4.69) is 48.2 Å². The van der Waals surface area contributed by atoms with Gasteiger partial charge in [-0.1, -0.05) is 6.07 Å². The van der Waals surface area contributed by atoms with E-state index in [1.165, 1.54) is 6.07 Å². The summed E-state index contributed by atoms with van der Waals surface area (Å²) in [7, 11) is 4.08. The number of pyridine rings is 2. The van der Waals surface area contributed by atoms with Gasteiger partial charge in [-0.25, -0.2) is 9.97 Å². The summed E-state index contributed by atoms with van der Waals surface area (Å²) in [6, 6.07) is 13.4. The van der Waals surface area contributed by atoms with Crippen molar-refractivity contribution in [2.75, 3.05) is 14.1 Å². The normalized spacial score (nSPS) is 11.8. The van der Waals surface area contributed by atoms with Crippen LogP contribution in [0.15, 0.2) is 61.1 Å². The van der Waals surface area contributed by atoms with E-state index >= 15 is 0 Å². The summed E-state index contributed by atoms with van der Waals surface area (Å²) in [5, 5.41) is 8.34. The van der Waals surface area contributed by atoms with E-state index in [9.17, 15) is 4.39 Å². The van der Waals surface area contributed by atoms with Gasteiger partial charge in [-0.05, 0) is 61.6 Å². The maximum absolute atomic E-state index is 13.6. The number of halogens is 1. The van der Waals surface area contributed by atoms with E-state index < -0.39 is 0 Å². The summed E-state index contributed by atoms with van der Waals surface area (Å²) in [6.45, 7) is 0.822. The molecule has 0 spiro atoms. The molecule has 0 unspecified atom stereocenters. The van der Waals surface area contributed by atoms with Crippen molar-refractivity contribution in [1.29, 1.82) is 0 Å². The first kappa shape index (κ1) is 20.6. The zero-order valence-electron chi connectivity index (χ0n) is 18.5. The van der Waals surface area contributed by atoms with Gasteiger partial charge >= 0.3 is 0 Å². The van der Waals surface area contributed by atoms with Crippen LogP contribution in [-0.4, -0.2) is 49.1 Å². The average molecular weight is 470 g/mol. The van der Waals surface area contributed by atoms with Crippen LogP contribution in [0.4, 0.5) is 4.39 Å². The predicted octanol–water partition coefficient (Wildman–Crippen LogP) is 5.49. The van der Waals surface area contributed by atoms with Gasteiger partial charge in [0.1, 0.15) is 11.2 Å². The molecule has 6 aromatic rings. The monoisotopic (exact) mass is 469 g/mol. The average Bonchev–Trinajstić information content (AvgIpc) is 3.55. The smallest absolute Gasteiger partial charge is 0.176 e. The standard InChI is InChI=1S/C25H20FN7S/c1-33(2)13-14-9-16(12-27-11-14)15-3-4-19-18(10-15)23(32-31-19)25-29-22-17(7-8-28-24(22)30-25)20-5-6-21(26)34-20/h3-12H,13H2,1-2H3,(H,31,32)(H,28,29,30). The second-order valence-corrected chi connectivity index (χ2v) is 9.43. The number of imidazole rings is 1. The number of benzene rings is 1. The molecule has 0 radical (unpaired) electrons. The second kappa shape index (κ2) is 8.12. The molecule has 9 heteroatoms. The van der Waals surface area contributed by atoms with Gasteiger partial charge in [-0.15, -0.1) is 11.3 Å². The molecule has 0 aliphatic rings. The number of hydrogen-bond acceptors (Lipinski definition) is 6. The number of thiophene rings is 1. The van der Waals surface area contributed by atoms with Crippen LogP contribution < -0.4 is 0 Å². The lowest BCUT2D eigenvalue weighted by molar-refractivity contribution is 0.402. The van der Waals surface area contributed by atoms with Crippen LogP contribution in [0.2, 0.25) is 0 Å². The van der Waals surface area contributed by atoms with Gasteiger partial charge in [0.15, 0.2) is 16.6 Å². The van der Waals surface area contributed by atoms with E-state index in [1.807, 2.05) is 38.6 Å². The molecule has 7 nitrogen and oxygen atoms in total. The van der Waals surface area contributed by atoms with E-state index in [0.717, 1.165) is 55.9 Å². The summed E-state index contributed by atoms with van der Waals surface area (Å²) >= 11 is 1.09. The molecule has 5 heterocycles. The first-order valence-corrected chi connectivity index (χ1v) is 11.5. The van der Waals surface area contributed by atoms with Crippen molar-refractivity contribution < 1.29 is 4.39 Å². The van der Waals surface area contributed by atoms with Gasteiger partial charge in [0.2, 0.25) is 0 Å². The SMILES string of the molecule is CN(C)Cc1cncc(-c2ccc3[nH]nc(-c4nc5c(-c6ccc(F)s6)ccnc5[nH]4)c3c2)c1. The Morgan fingerprint density at radius 2 is 1.94 bits per heavy atom. The van der Waals surface area contributed by atoms with Gasteiger partial charge in [0, 0.05) is 46.5 Å². The fourth-order valence-electron chi connectivity index (χ4n) is 4.15. The highest BCUT2D eigenvalue weighted by Crippen LogP contribution is 2.34. The zero-order valence-corrected chi connectivity index (χ0v) is 19.3. The quantitative estimate of drug-likeness (QED) is 0.349. The first-order chi connectivity index (χ1) is 16.5. The predicted molar refractivity (Wildman–Crippen MR) is 133 cm³/mol. The van der Waals surface area contributed by atoms with Crippen LogP contribution in [-0.2, 0) is 6.54 Å². The Bertz CT molecular complexity index is 1650. The van der Waals surface area contributed by atoms with Crippen LogP contribution in [0.25, 0.3) is 55.2 Å². The summed E-state index contributed by atoms with van der Waals surface area (Å²) in [5.74, 6) is 0.606. The maximum atomic E-state index is 13.6. The first-order valence-electron chi connectivity index (χ1n) is 10.7. The van der Waals surface area contributed by atoms with Gasteiger partial charge in [0.05, 0.1) is 5.52 Å². The Balaban J connectivity index is 1.45. The summed E-state index contributed by atoms with van der Waals surface area (Å²) in [5.41, 5.74) is 7.01. The van der Waals surface area contributed by atoms with E-state index in [-0.39, 0.29) is 5.13 Å². The molecule has 0 saturated heterocycles. The molecule has 0 aliphatic carbocycles. The minimum atomic E-state index is -0.231. The molecule has 5 aromatic heterocycles. The molecule has 0 saturated carbocycles. The fourth-order valence-corrected chi connectivity index (χ4v) is 4.91. The van der Waals surface area contributed by atoms with Crippen LogP contribution >= 0.6 is 11.3 Å². The third-order valence-electron chi connectivity index (χ3n) is 5.64. The number of aromatic nitrogens is 6. The lowest BCUT2D eigenvalue weighted by Crippen LogP contribution is -2.10. The van der Waals surface area contributed by atoms with Crippen molar-refractivity contribution in [3.63, 3.8) is 0 Å². The Labute approximate surface area is 198 Å². The van der Waals surface area contributed by atoms with Gasteiger partial charge in [-0.2, -0.15) is 9.49 Å². The van der Waals surface area contributed by atoms with Gasteiger partial charge in [0.25, 0.3) is 0 Å². The molecular formula is C25H20FN7S. The molecule has 6 rings (SSSR count). The lowest BCUT2D eigenvalue weighted by Gasteiger charge is -2.10. The third-order valence-corrected chi connectivity index (χ3v) is 6.54. The highest BCUT2D eigenvalue weighted by molar-refractivity contribution is 7.14. The maximum Gasteiger partial charge on any atom is 0.176 e. The molecule has 1 aromatic carbocycles. The molecule has 0 atom stereocenters. The molecule has 0 fully saturated rings. The Hall–Kier alpha value is -3.95. The molecule has 0 amide bonds. The van der Waals surface area contributed by atoms with Gasteiger partial charge < -0.3 is 9.88 Å². The number of nitrogens with zero attached hydrogens (tertiary/aromatic N) is 5. The molecule has 2 N–H and O–H groups in total. The molecule has 0 aliphatic heterocycles. The lowest BCUT2D eigenvalue weighted by atomic mass is 10.0. The highest BCUT2D eigenvalue weighted by atomic mass is 32.1. The second-order valence-electron chi connectivity index (χ2n) is 8.40. The largest absolute Gasteiger partial charge is 0.321 e. The highest BCUT2D eigenvalue weighted by Gasteiger charge is 2.17.